The van der Waals surface area contributed by atoms with Gasteiger partial charge in [0.2, 0.25) is 0 Å². The summed E-state index contributed by atoms with van der Waals surface area (Å²) in [6.45, 7) is 0. The van der Waals surface area contributed by atoms with Gasteiger partial charge in [-0.15, -0.1) is 0 Å². The van der Waals surface area contributed by atoms with Gasteiger partial charge in [-0.3, -0.25) is 9.48 Å². The van der Waals surface area contributed by atoms with Crippen molar-refractivity contribution >= 4 is 5.97 Å². The Kier molecular flexibility index (Phi) is 2.69. The summed E-state index contributed by atoms with van der Waals surface area (Å²) in [6, 6.07) is 2.58. The summed E-state index contributed by atoms with van der Waals surface area (Å²) in [5, 5.41) is 14.3. The molecule has 0 amide bonds. The fraction of sp³-hybridized carbons (Fsp3) is 0.750. The lowest BCUT2D eigenvalue weighted by Gasteiger charge is -2.24. The number of nitrogens with zero attached hydrogens (tertiary/aromatic N) is 2. The summed E-state index contributed by atoms with van der Waals surface area (Å²) in [5.41, 5.74) is 0.447. The van der Waals surface area contributed by atoms with Gasteiger partial charge in [-0.05, 0) is 50.0 Å². The standard InChI is InChI=1S/C16H22N2O2/c19-15(20)16(8-11-7-12(11)9-16)10-13-5-6-18(17-13)14-3-1-2-4-14/h5-6,11-12,14H,1-4,7-10H2,(H,19,20). The molecule has 4 heteroatoms. The average Bonchev–Trinajstić information content (AvgIpc) is 2.89. The van der Waals surface area contributed by atoms with Crippen LogP contribution in [0.15, 0.2) is 12.3 Å². The topological polar surface area (TPSA) is 55.1 Å². The van der Waals surface area contributed by atoms with Gasteiger partial charge >= 0.3 is 5.97 Å². The van der Waals surface area contributed by atoms with Crippen LogP contribution in [0, 0.1) is 17.3 Å². The van der Waals surface area contributed by atoms with E-state index in [1.54, 1.807) is 0 Å². The lowest BCUT2D eigenvalue weighted by molar-refractivity contribution is -0.149. The van der Waals surface area contributed by atoms with Crippen LogP contribution in [-0.4, -0.2) is 20.9 Å². The zero-order valence-corrected chi connectivity index (χ0v) is 11.8. The van der Waals surface area contributed by atoms with Crippen LogP contribution in [0.4, 0.5) is 0 Å². The molecule has 4 nitrogen and oxygen atoms in total. The van der Waals surface area contributed by atoms with E-state index in [0.29, 0.717) is 24.3 Å². The summed E-state index contributed by atoms with van der Waals surface area (Å²) in [7, 11) is 0. The van der Waals surface area contributed by atoms with Gasteiger partial charge in [0, 0.05) is 12.6 Å². The fourth-order valence-corrected chi connectivity index (χ4v) is 4.48. The highest BCUT2D eigenvalue weighted by Gasteiger charge is 2.57. The molecule has 3 aliphatic rings. The number of hydrogen-bond acceptors (Lipinski definition) is 2. The molecular formula is C16H22N2O2. The van der Waals surface area contributed by atoms with Gasteiger partial charge < -0.3 is 5.11 Å². The molecule has 3 aliphatic carbocycles. The second-order valence-corrected chi connectivity index (χ2v) is 7.15. The van der Waals surface area contributed by atoms with Crippen LogP contribution in [-0.2, 0) is 11.2 Å². The molecule has 4 rings (SSSR count). The molecule has 20 heavy (non-hydrogen) atoms. The summed E-state index contributed by atoms with van der Waals surface area (Å²) in [6.07, 6.45) is 10.7. The van der Waals surface area contributed by atoms with Crippen molar-refractivity contribution in [1.29, 1.82) is 0 Å². The van der Waals surface area contributed by atoms with E-state index in [9.17, 15) is 9.90 Å². The molecule has 0 aliphatic heterocycles. The van der Waals surface area contributed by atoms with E-state index in [4.69, 9.17) is 0 Å². The van der Waals surface area contributed by atoms with E-state index >= 15 is 0 Å². The minimum Gasteiger partial charge on any atom is -0.481 e. The lowest BCUT2D eigenvalue weighted by atomic mass is 9.79. The first-order chi connectivity index (χ1) is 9.66. The molecule has 3 fully saturated rings. The largest absolute Gasteiger partial charge is 0.481 e. The number of hydrogen-bond donors (Lipinski definition) is 1. The lowest BCUT2D eigenvalue weighted by Crippen LogP contribution is -2.32. The van der Waals surface area contributed by atoms with Crippen LogP contribution in [0.5, 0.6) is 0 Å². The maximum Gasteiger partial charge on any atom is 0.310 e. The van der Waals surface area contributed by atoms with Crippen LogP contribution < -0.4 is 0 Å². The molecule has 2 unspecified atom stereocenters. The Morgan fingerprint density at radius 1 is 1.35 bits per heavy atom. The van der Waals surface area contributed by atoms with Gasteiger partial charge in [-0.2, -0.15) is 5.10 Å². The number of carboxylic acid groups (broad SMARTS) is 1. The highest BCUT2D eigenvalue weighted by Crippen LogP contribution is 2.60. The van der Waals surface area contributed by atoms with E-state index in [0.717, 1.165) is 18.5 Å². The molecule has 3 saturated carbocycles. The smallest absolute Gasteiger partial charge is 0.310 e. The predicted octanol–water partition coefficient (Wildman–Crippen LogP) is 3.04. The zero-order valence-electron chi connectivity index (χ0n) is 11.8. The summed E-state index contributed by atoms with van der Waals surface area (Å²) < 4.78 is 2.08. The molecular weight excluding hydrogens is 252 g/mol. The summed E-state index contributed by atoms with van der Waals surface area (Å²) in [4.78, 5) is 11.7. The molecule has 0 aromatic carbocycles. The summed E-state index contributed by atoms with van der Waals surface area (Å²) >= 11 is 0. The third kappa shape index (κ3) is 1.97. The van der Waals surface area contributed by atoms with Crippen LogP contribution in [0.3, 0.4) is 0 Å². The van der Waals surface area contributed by atoms with Crippen LogP contribution in [0.1, 0.15) is 56.7 Å². The number of aliphatic carboxylic acids is 1. The van der Waals surface area contributed by atoms with Gasteiger partial charge in [-0.25, -0.2) is 0 Å². The fourth-order valence-electron chi connectivity index (χ4n) is 4.48. The highest BCUT2D eigenvalue weighted by atomic mass is 16.4. The van der Waals surface area contributed by atoms with Gasteiger partial charge in [0.15, 0.2) is 0 Å². The third-order valence-electron chi connectivity index (χ3n) is 5.71. The van der Waals surface area contributed by atoms with Crippen LogP contribution in [0.25, 0.3) is 0 Å². The molecule has 0 saturated heterocycles. The number of carbonyl (C=O) groups is 1. The first kappa shape index (κ1) is 12.4. The highest BCUT2D eigenvalue weighted by molar-refractivity contribution is 5.76. The van der Waals surface area contributed by atoms with Gasteiger partial charge in [0.25, 0.3) is 0 Å². The predicted molar refractivity (Wildman–Crippen MR) is 74.3 cm³/mol. The molecule has 108 valence electrons. The number of aromatic nitrogens is 2. The van der Waals surface area contributed by atoms with E-state index in [1.165, 1.54) is 32.1 Å². The molecule has 1 heterocycles. The van der Waals surface area contributed by atoms with E-state index in [1.807, 2.05) is 6.07 Å². The van der Waals surface area contributed by atoms with Crippen molar-refractivity contribution in [2.24, 2.45) is 17.3 Å². The first-order valence-corrected chi connectivity index (χ1v) is 7.94. The monoisotopic (exact) mass is 274 g/mol. The maximum atomic E-state index is 11.7. The van der Waals surface area contributed by atoms with Crippen molar-refractivity contribution in [2.75, 3.05) is 0 Å². The Morgan fingerprint density at radius 3 is 2.70 bits per heavy atom. The molecule has 1 N–H and O–H groups in total. The molecule has 1 aromatic heterocycles. The first-order valence-electron chi connectivity index (χ1n) is 7.94. The zero-order chi connectivity index (χ0) is 13.7. The second-order valence-electron chi connectivity index (χ2n) is 7.15. The Labute approximate surface area is 119 Å². The Bertz CT molecular complexity index is 520. The average molecular weight is 274 g/mol. The Balaban J connectivity index is 1.51. The van der Waals surface area contributed by atoms with E-state index in [-0.39, 0.29) is 0 Å². The van der Waals surface area contributed by atoms with Crippen molar-refractivity contribution in [3.63, 3.8) is 0 Å². The van der Waals surface area contributed by atoms with Crippen molar-refractivity contribution in [3.05, 3.63) is 18.0 Å². The van der Waals surface area contributed by atoms with Crippen molar-refractivity contribution < 1.29 is 9.90 Å². The van der Waals surface area contributed by atoms with Crippen LogP contribution in [0.2, 0.25) is 0 Å². The van der Waals surface area contributed by atoms with Crippen molar-refractivity contribution in [3.8, 4) is 0 Å². The quantitative estimate of drug-likeness (QED) is 0.918. The molecule has 1 aromatic rings. The van der Waals surface area contributed by atoms with Crippen molar-refractivity contribution in [2.45, 2.75) is 57.4 Å². The number of carboxylic acids is 1. The Morgan fingerprint density at radius 2 is 2.05 bits per heavy atom. The molecule has 0 bridgehead atoms. The van der Waals surface area contributed by atoms with E-state index in [2.05, 4.69) is 16.0 Å². The van der Waals surface area contributed by atoms with Gasteiger partial charge in [0.1, 0.15) is 0 Å². The van der Waals surface area contributed by atoms with Crippen LogP contribution >= 0.6 is 0 Å². The third-order valence-corrected chi connectivity index (χ3v) is 5.71. The minimum absolute atomic E-state index is 0.525. The second kappa shape index (κ2) is 4.34. The summed E-state index contributed by atoms with van der Waals surface area (Å²) in [5.74, 6) is 0.756. The normalized spacial score (nSPS) is 36.2. The molecule has 0 radical (unpaired) electrons. The number of fused-ring (bicyclic) bond motifs is 1. The Hall–Kier alpha value is -1.32. The SMILES string of the molecule is O=C(O)C1(Cc2ccn(C3CCCC3)n2)CC2CC2C1. The number of rotatable bonds is 4. The maximum absolute atomic E-state index is 11.7. The van der Waals surface area contributed by atoms with Gasteiger partial charge in [0.05, 0.1) is 17.2 Å². The molecule has 2 atom stereocenters. The van der Waals surface area contributed by atoms with E-state index < -0.39 is 11.4 Å². The van der Waals surface area contributed by atoms with Gasteiger partial charge in [-0.1, -0.05) is 12.8 Å². The molecule has 0 spiro atoms. The van der Waals surface area contributed by atoms with Crippen molar-refractivity contribution in [1.82, 2.24) is 9.78 Å². The minimum atomic E-state index is -0.611.